The number of piperidine rings is 1. The molecule has 2 rings (SSSR count). The Bertz CT molecular complexity index is 240. The summed E-state index contributed by atoms with van der Waals surface area (Å²) in [5.74, 6) is 0. The van der Waals surface area contributed by atoms with Crippen molar-refractivity contribution in [3.63, 3.8) is 0 Å². The van der Waals surface area contributed by atoms with Crippen LogP contribution in [0.5, 0.6) is 0 Å². The van der Waals surface area contributed by atoms with Gasteiger partial charge in [0.05, 0.1) is 17.7 Å². The summed E-state index contributed by atoms with van der Waals surface area (Å²) in [6.45, 7) is 8.77. The van der Waals surface area contributed by atoms with Gasteiger partial charge in [0.1, 0.15) is 0 Å². The van der Waals surface area contributed by atoms with E-state index in [0.717, 1.165) is 39.2 Å². The summed E-state index contributed by atoms with van der Waals surface area (Å²) in [7, 11) is 0. The van der Waals surface area contributed by atoms with Gasteiger partial charge in [0, 0.05) is 19.7 Å². The lowest BCUT2D eigenvalue weighted by Gasteiger charge is -2.44. The van der Waals surface area contributed by atoms with E-state index >= 15 is 0 Å². The maximum Gasteiger partial charge on any atom is 0.0798 e. The number of ether oxygens (including phenoxy) is 1. The molecule has 3 atom stereocenters. The van der Waals surface area contributed by atoms with Gasteiger partial charge in [-0.05, 0) is 39.3 Å². The summed E-state index contributed by atoms with van der Waals surface area (Å²) in [4.78, 5) is 2.38. The summed E-state index contributed by atoms with van der Waals surface area (Å²) in [6, 6.07) is 0.213. The zero-order chi connectivity index (χ0) is 12.3. The second-order valence-electron chi connectivity index (χ2n) is 5.55. The second kappa shape index (κ2) is 5.65. The van der Waals surface area contributed by atoms with E-state index in [1.807, 2.05) is 6.92 Å². The average Bonchev–Trinajstić information content (AvgIpc) is 2.79. The monoisotopic (exact) mass is 242 g/mol. The van der Waals surface area contributed by atoms with Gasteiger partial charge in [-0.3, -0.25) is 4.90 Å². The van der Waals surface area contributed by atoms with Gasteiger partial charge in [0.25, 0.3) is 0 Å². The van der Waals surface area contributed by atoms with Crippen molar-refractivity contribution in [2.24, 2.45) is 0 Å². The van der Waals surface area contributed by atoms with Crippen LogP contribution in [0.15, 0.2) is 0 Å². The highest BCUT2D eigenvalue weighted by Gasteiger charge is 2.38. The molecule has 0 radical (unpaired) electrons. The smallest absolute Gasteiger partial charge is 0.0798 e. The van der Waals surface area contributed by atoms with Crippen LogP contribution in [0.4, 0.5) is 0 Å². The highest BCUT2D eigenvalue weighted by Crippen LogP contribution is 2.24. The first-order valence-electron chi connectivity index (χ1n) is 6.92. The van der Waals surface area contributed by atoms with Crippen LogP contribution in [0.25, 0.3) is 0 Å². The van der Waals surface area contributed by atoms with Gasteiger partial charge in [-0.2, -0.15) is 0 Å². The van der Waals surface area contributed by atoms with E-state index in [9.17, 15) is 5.11 Å². The molecule has 3 unspecified atom stereocenters. The van der Waals surface area contributed by atoms with Crippen molar-refractivity contribution < 1.29 is 9.84 Å². The maximum absolute atomic E-state index is 10.5. The van der Waals surface area contributed by atoms with Crippen molar-refractivity contribution in [1.29, 1.82) is 0 Å². The number of likely N-dealkylation sites (N-methyl/N-ethyl adjacent to an activating group) is 1. The molecular weight excluding hydrogens is 216 g/mol. The third-order valence-corrected chi connectivity index (χ3v) is 4.17. The molecule has 0 aliphatic carbocycles. The van der Waals surface area contributed by atoms with E-state index in [1.165, 1.54) is 12.8 Å². The van der Waals surface area contributed by atoms with Crippen molar-refractivity contribution in [2.45, 2.75) is 50.9 Å². The van der Waals surface area contributed by atoms with Crippen molar-refractivity contribution in [2.75, 3.05) is 32.8 Å². The molecule has 0 aromatic heterocycles. The number of hydrogen-bond acceptors (Lipinski definition) is 4. The quantitative estimate of drug-likeness (QED) is 0.758. The molecule has 0 spiro atoms. The second-order valence-corrected chi connectivity index (χ2v) is 5.55. The fourth-order valence-corrected chi connectivity index (χ4v) is 3.02. The van der Waals surface area contributed by atoms with Gasteiger partial charge in [-0.15, -0.1) is 0 Å². The van der Waals surface area contributed by atoms with Gasteiger partial charge in [0.2, 0.25) is 0 Å². The molecule has 0 aromatic rings. The molecule has 2 heterocycles. The Balaban J connectivity index is 1.95. The summed E-state index contributed by atoms with van der Waals surface area (Å²) < 4.78 is 5.70. The van der Waals surface area contributed by atoms with Crippen molar-refractivity contribution >= 4 is 0 Å². The molecular formula is C13H26N2O2. The average molecular weight is 242 g/mol. The molecule has 0 bridgehead atoms. The molecule has 0 saturated carbocycles. The lowest BCUT2D eigenvalue weighted by atomic mass is 9.88. The molecule has 0 aromatic carbocycles. The molecule has 2 aliphatic rings. The van der Waals surface area contributed by atoms with E-state index in [-0.39, 0.29) is 6.04 Å². The normalized spacial score (nSPS) is 38.8. The molecule has 2 N–H and O–H groups in total. The van der Waals surface area contributed by atoms with Gasteiger partial charge in [0.15, 0.2) is 0 Å². The van der Waals surface area contributed by atoms with Gasteiger partial charge in [-0.1, -0.05) is 6.92 Å². The van der Waals surface area contributed by atoms with E-state index < -0.39 is 5.60 Å². The van der Waals surface area contributed by atoms with Crippen LogP contribution in [0.1, 0.15) is 33.1 Å². The van der Waals surface area contributed by atoms with Gasteiger partial charge < -0.3 is 15.2 Å². The van der Waals surface area contributed by atoms with E-state index in [1.54, 1.807) is 0 Å². The van der Waals surface area contributed by atoms with Crippen LogP contribution in [-0.2, 0) is 4.74 Å². The van der Waals surface area contributed by atoms with Crippen molar-refractivity contribution in [3.8, 4) is 0 Å². The molecule has 0 amide bonds. The van der Waals surface area contributed by atoms with E-state index in [2.05, 4.69) is 17.1 Å². The molecule has 2 fully saturated rings. The van der Waals surface area contributed by atoms with Crippen molar-refractivity contribution in [1.82, 2.24) is 10.2 Å². The first-order chi connectivity index (χ1) is 8.13. The first kappa shape index (κ1) is 13.3. The Labute approximate surface area is 104 Å². The van der Waals surface area contributed by atoms with Crippen LogP contribution < -0.4 is 5.32 Å². The Morgan fingerprint density at radius 3 is 2.94 bits per heavy atom. The minimum absolute atomic E-state index is 0.213. The Morgan fingerprint density at radius 2 is 2.35 bits per heavy atom. The maximum atomic E-state index is 10.5. The molecule has 100 valence electrons. The van der Waals surface area contributed by atoms with Crippen LogP contribution >= 0.6 is 0 Å². The fourth-order valence-electron chi connectivity index (χ4n) is 3.02. The van der Waals surface area contributed by atoms with Crippen LogP contribution in [0.2, 0.25) is 0 Å². The highest BCUT2D eigenvalue weighted by molar-refractivity contribution is 4.95. The topological polar surface area (TPSA) is 44.7 Å². The predicted molar refractivity (Wildman–Crippen MR) is 68.1 cm³/mol. The standard InChI is InChI=1S/C13H26N2O2/c1-3-15(10-11-5-4-8-17-11)12-9-14-7-6-13(12,2)16/h11-12,14,16H,3-10H2,1-2H3. The van der Waals surface area contributed by atoms with Crippen molar-refractivity contribution in [3.05, 3.63) is 0 Å². The largest absolute Gasteiger partial charge is 0.388 e. The SMILES string of the molecule is CCN(CC1CCCO1)C1CNCCC1(C)O. The highest BCUT2D eigenvalue weighted by atomic mass is 16.5. The van der Waals surface area contributed by atoms with Gasteiger partial charge >= 0.3 is 0 Å². The fraction of sp³-hybridized carbons (Fsp3) is 1.00. The van der Waals surface area contributed by atoms with E-state index in [0.29, 0.717) is 6.10 Å². The zero-order valence-corrected chi connectivity index (χ0v) is 11.1. The predicted octanol–water partition coefficient (Wildman–Crippen LogP) is 0.600. The Kier molecular flexibility index (Phi) is 4.42. The number of hydrogen-bond donors (Lipinski definition) is 2. The third-order valence-electron chi connectivity index (χ3n) is 4.17. The van der Waals surface area contributed by atoms with Crippen LogP contribution in [0, 0.1) is 0 Å². The lowest BCUT2D eigenvalue weighted by Crippen LogP contribution is -2.61. The Morgan fingerprint density at radius 1 is 1.53 bits per heavy atom. The molecule has 2 saturated heterocycles. The summed E-state index contributed by atoms with van der Waals surface area (Å²) in [5.41, 5.74) is -0.570. The number of nitrogens with zero attached hydrogens (tertiary/aromatic N) is 1. The lowest BCUT2D eigenvalue weighted by molar-refractivity contribution is -0.0629. The number of aliphatic hydroxyl groups is 1. The number of rotatable bonds is 4. The van der Waals surface area contributed by atoms with Crippen LogP contribution in [-0.4, -0.2) is 60.5 Å². The summed E-state index contributed by atoms with van der Waals surface area (Å²) in [6.07, 6.45) is 3.55. The molecule has 4 heteroatoms. The van der Waals surface area contributed by atoms with E-state index in [4.69, 9.17) is 4.74 Å². The summed E-state index contributed by atoms with van der Waals surface area (Å²) in [5, 5.41) is 13.9. The van der Waals surface area contributed by atoms with Crippen LogP contribution in [0.3, 0.4) is 0 Å². The Hall–Kier alpha value is -0.160. The molecule has 4 nitrogen and oxygen atoms in total. The molecule has 2 aliphatic heterocycles. The number of nitrogens with one attached hydrogen (secondary N) is 1. The first-order valence-corrected chi connectivity index (χ1v) is 6.92. The minimum Gasteiger partial charge on any atom is -0.388 e. The minimum atomic E-state index is -0.570. The third kappa shape index (κ3) is 3.19. The summed E-state index contributed by atoms with van der Waals surface area (Å²) >= 11 is 0. The van der Waals surface area contributed by atoms with Gasteiger partial charge in [-0.25, -0.2) is 0 Å². The molecule has 17 heavy (non-hydrogen) atoms. The zero-order valence-electron chi connectivity index (χ0n) is 11.1.